The van der Waals surface area contributed by atoms with Gasteiger partial charge in [0, 0.05) is 16.1 Å². The van der Waals surface area contributed by atoms with Gasteiger partial charge in [-0.2, -0.15) is 5.10 Å². The number of halogens is 3. The molecule has 0 unspecified atom stereocenters. The summed E-state index contributed by atoms with van der Waals surface area (Å²) in [5.41, 5.74) is 6.20. The first-order valence-electron chi connectivity index (χ1n) is 4.46. The summed E-state index contributed by atoms with van der Waals surface area (Å²) in [6.45, 7) is 0. The number of hydrogen-bond acceptors (Lipinski definition) is 2. The van der Waals surface area contributed by atoms with Gasteiger partial charge in [0.05, 0.1) is 6.20 Å². The Bertz CT molecular complexity index is 511. The first-order valence-corrected chi connectivity index (χ1v) is 4.84. The lowest BCUT2D eigenvalue weighted by atomic mass is 10.0. The third-order valence-corrected chi connectivity index (χ3v) is 2.44. The van der Waals surface area contributed by atoms with E-state index in [0.29, 0.717) is 16.1 Å². The molecule has 0 aliphatic carbocycles. The molecule has 0 atom stereocenters. The van der Waals surface area contributed by atoms with Crippen molar-refractivity contribution in [2.24, 2.45) is 0 Å². The van der Waals surface area contributed by atoms with Crippen LogP contribution in [0.25, 0.3) is 11.1 Å². The molecule has 0 saturated carbocycles. The van der Waals surface area contributed by atoms with Crippen LogP contribution in [-0.2, 0) is 0 Å². The molecule has 0 fully saturated rings. The molecule has 1 heterocycles. The number of hydrogen-bond donors (Lipinski definition) is 2. The summed E-state index contributed by atoms with van der Waals surface area (Å²) in [6, 6.07) is 4.15. The van der Waals surface area contributed by atoms with Gasteiger partial charge in [-0.05, 0) is 17.7 Å². The zero-order valence-corrected chi connectivity index (χ0v) is 8.80. The SMILES string of the molecule is Nc1[nH]ncc1-c1cc(Cl)ccc1C(F)F. The molecule has 0 bridgehead atoms. The molecule has 2 rings (SSSR count). The minimum atomic E-state index is -2.58. The van der Waals surface area contributed by atoms with Crippen LogP contribution in [0.1, 0.15) is 12.0 Å². The summed E-state index contributed by atoms with van der Waals surface area (Å²) in [4.78, 5) is 0. The van der Waals surface area contributed by atoms with Crippen LogP contribution in [0.3, 0.4) is 0 Å². The van der Waals surface area contributed by atoms with E-state index in [9.17, 15) is 8.78 Å². The standard InChI is InChI=1S/C10H8ClF2N3/c11-5-1-2-6(9(12)13)7(3-5)8-4-15-16-10(8)14/h1-4,9H,(H3,14,15,16). The highest BCUT2D eigenvalue weighted by Gasteiger charge is 2.17. The second kappa shape index (κ2) is 4.09. The van der Waals surface area contributed by atoms with Crippen LogP contribution in [0, 0.1) is 0 Å². The maximum atomic E-state index is 12.8. The molecule has 3 N–H and O–H groups in total. The van der Waals surface area contributed by atoms with Gasteiger partial charge in [-0.25, -0.2) is 8.78 Å². The minimum Gasteiger partial charge on any atom is -0.384 e. The second-order valence-electron chi connectivity index (χ2n) is 3.23. The Kier molecular flexibility index (Phi) is 2.78. The van der Waals surface area contributed by atoms with E-state index in [1.54, 1.807) is 0 Å². The average Bonchev–Trinajstić information content (AvgIpc) is 2.63. The number of aromatic amines is 1. The summed E-state index contributed by atoms with van der Waals surface area (Å²) in [6.07, 6.45) is -1.19. The summed E-state index contributed by atoms with van der Waals surface area (Å²) in [7, 11) is 0. The molecule has 6 heteroatoms. The van der Waals surface area contributed by atoms with Gasteiger partial charge in [0.25, 0.3) is 6.43 Å². The number of anilines is 1. The summed E-state index contributed by atoms with van der Waals surface area (Å²) < 4.78 is 25.5. The maximum Gasteiger partial charge on any atom is 0.264 e. The number of H-pyrrole nitrogens is 1. The topological polar surface area (TPSA) is 54.7 Å². The predicted molar refractivity (Wildman–Crippen MR) is 58.4 cm³/mol. The van der Waals surface area contributed by atoms with E-state index >= 15 is 0 Å². The molecule has 0 radical (unpaired) electrons. The fourth-order valence-corrected chi connectivity index (χ4v) is 1.63. The number of benzene rings is 1. The van der Waals surface area contributed by atoms with E-state index in [0.717, 1.165) is 0 Å². The summed E-state index contributed by atoms with van der Waals surface area (Å²) in [5.74, 6) is 0.240. The van der Waals surface area contributed by atoms with Crippen molar-refractivity contribution in [1.82, 2.24) is 10.2 Å². The molecule has 0 amide bonds. The Morgan fingerprint density at radius 3 is 2.62 bits per heavy atom. The Balaban J connectivity index is 2.63. The van der Waals surface area contributed by atoms with E-state index in [1.807, 2.05) is 0 Å². The first-order chi connectivity index (χ1) is 7.59. The average molecular weight is 244 g/mol. The highest BCUT2D eigenvalue weighted by molar-refractivity contribution is 6.30. The predicted octanol–water partition coefficient (Wildman–Crippen LogP) is 3.25. The fraction of sp³-hybridized carbons (Fsp3) is 0.100. The lowest BCUT2D eigenvalue weighted by molar-refractivity contribution is 0.152. The van der Waals surface area contributed by atoms with Crippen LogP contribution in [-0.4, -0.2) is 10.2 Å². The normalized spacial score (nSPS) is 11.0. The highest BCUT2D eigenvalue weighted by atomic mass is 35.5. The van der Waals surface area contributed by atoms with Crippen LogP contribution in [0.5, 0.6) is 0 Å². The molecule has 0 spiro atoms. The zero-order chi connectivity index (χ0) is 11.7. The number of nitrogens with one attached hydrogen (secondary N) is 1. The number of nitrogens with zero attached hydrogens (tertiary/aromatic N) is 1. The van der Waals surface area contributed by atoms with E-state index in [-0.39, 0.29) is 11.4 Å². The van der Waals surface area contributed by atoms with Gasteiger partial charge >= 0.3 is 0 Å². The van der Waals surface area contributed by atoms with Crippen molar-refractivity contribution in [3.8, 4) is 11.1 Å². The molecule has 2 aromatic rings. The maximum absolute atomic E-state index is 12.8. The minimum absolute atomic E-state index is 0.113. The highest BCUT2D eigenvalue weighted by Crippen LogP contribution is 2.35. The van der Waals surface area contributed by atoms with E-state index in [1.165, 1.54) is 24.4 Å². The van der Waals surface area contributed by atoms with E-state index < -0.39 is 6.43 Å². The number of rotatable bonds is 2. The number of aromatic nitrogens is 2. The molecule has 0 aliphatic heterocycles. The molecule has 3 nitrogen and oxygen atoms in total. The van der Waals surface area contributed by atoms with Gasteiger partial charge in [0.15, 0.2) is 0 Å². The van der Waals surface area contributed by atoms with Crippen molar-refractivity contribution < 1.29 is 8.78 Å². The molecule has 0 saturated heterocycles. The Morgan fingerprint density at radius 2 is 2.06 bits per heavy atom. The van der Waals surface area contributed by atoms with Gasteiger partial charge in [-0.3, -0.25) is 5.10 Å². The van der Waals surface area contributed by atoms with Crippen molar-refractivity contribution in [3.05, 3.63) is 35.0 Å². The molecule has 16 heavy (non-hydrogen) atoms. The van der Waals surface area contributed by atoms with Gasteiger partial charge in [-0.15, -0.1) is 0 Å². The summed E-state index contributed by atoms with van der Waals surface area (Å²) >= 11 is 5.77. The molecule has 1 aromatic carbocycles. The lowest BCUT2D eigenvalue weighted by Gasteiger charge is -2.08. The first kappa shape index (κ1) is 10.9. The summed E-state index contributed by atoms with van der Waals surface area (Å²) in [5, 5.41) is 6.56. The number of alkyl halides is 2. The van der Waals surface area contributed by atoms with Gasteiger partial charge in [0.1, 0.15) is 5.82 Å². The Hall–Kier alpha value is -1.62. The van der Waals surface area contributed by atoms with Crippen molar-refractivity contribution >= 4 is 17.4 Å². The van der Waals surface area contributed by atoms with Crippen molar-refractivity contribution in [3.63, 3.8) is 0 Å². The molecule has 0 aliphatic rings. The van der Waals surface area contributed by atoms with Crippen LogP contribution in [0.4, 0.5) is 14.6 Å². The number of nitrogens with two attached hydrogens (primary N) is 1. The third-order valence-electron chi connectivity index (χ3n) is 2.21. The van der Waals surface area contributed by atoms with Crippen LogP contribution in [0.15, 0.2) is 24.4 Å². The lowest BCUT2D eigenvalue weighted by Crippen LogP contribution is -1.93. The van der Waals surface area contributed by atoms with Crippen LogP contribution < -0.4 is 5.73 Å². The van der Waals surface area contributed by atoms with Gasteiger partial charge < -0.3 is 5.73 Å². The quantitative estimate of drug-likeness (QED) is 0.851. The van der Waals surface area contributed by atoms with E-state index in [2.05, 4.69) is 10.2 Å². The van der Waals surface area contributed by atoms with Crippen LogP contribution >= 0.6 is 11.6 Å². The third kappa shape index (κ3) is 1.86. The smallest absolute Gasteiger partial charge is 0.264 e. The molecular formula is C10H8ClF2N3. The van der Waals surface area contributed by atoms with Gasteiger partial charge in [-0.1, -0.05) is 17.7 Å². The Morgan fingerprint density at radius 1 is 1.31 bits per heavy atom. The fourth-order valence-electron chi connectivity index (χ4n) is 1.46. The van der Waals surface area contributed by atoms with Crippen LogP contribution in [0.2, 0.25) is 5.02 Å². The molecule has 1 aromatic heterocycles. The van der Waals surface area contributed by atoms with Crippen molar-refractivity contribution in [2.75, 3.05) is 5.73 Å². The van der Waals surface area contributed by atoms with Crippen molar-refractivity contribution in [1.29, 1.82) is 0 Å². The molecular weight excluding hydrogens is 236 g/mol. The second-order valence-corrected chi connectivity index (χ2v) is 3.67. The van der Waals surface area contributed by atoms with Crippen molar-refractivity contribution in [2.45, 2.75) is 6.43 Å². The Labute approximate surface area is 95.2 Å². The molecule has 84 valence electrons. The number of nitrogen functional groups attached to an aromatic ring is 1. The zero-order valence-electron chi connectivity index (χ0n) is 8.05. The van der Waals surface area contributed by atoms with Gasteiger partial charge in [0.2, 0.25) is 0 Å². The largest absolute Gasteiger partial charge is 0.384 e. The van der Waals surface area contributed by atoms with E-state index in [4.69, 9.17) is 17.3 Å². The monoisotopic (exact) mass is 243 g/mol.